The number of piperazine rings is 1. The van der Waals surface area contributed by atoms with Gasteiger partial charge in [-0.05, 0) is 5.56 Å². The van der Waals surface area contributed by atoms with Crippen molar-refractivity contribution in [1.82, 2.24) is 10.2 Å². The predicted molar refractivity (Wildman–Crippen MR) is 121 cm³/mol. The second-order valence-electron chi connectivity index (χ2n) is 8.16. The van der Waals surface area contributed by atoms with Crippen molar-refractivity contribution < 1.29 is 14.3 Å². The first-order valence-electron chi connectivity index (χ1n) is 10.8. The molecule has 0 spiro atoms. The van der Waals surface area contributed by atoms with E-state index in [1.165, 1.54) is 0 Å². The summed E-state index contributed by atoms with van der Waals surface area (Å²) in [4.78, 5) is 28.8. The second kappa shape index (κ2) is 8.31. The number of cyclic esters (lactones) is 1. The molecule has 3 aromatic rings. The van der Waals surface area contributed by atoms with Crippen LogP contribution in [0.3, 0.4) is 0 Å². The summed E-state index contributed by atoms with van der Waals surface area (Å²) in [5, 5.41) is 3.27. The maximum absolute atomic E-state index is 13.7. The lowest BCUT2D eigenvalue weighted by Crippen LogP contribution is -2.64. The van der Waals surface area contributed by atoms with Gasteiger partial charge in [-0.1, -0.05) is 84.9 Å². The van der Waals surface area contributed by atoms with Gasteiger partial charge in [-0.25, -0.2) is 4.90 Å². The molecule has 0 aliphatic carbocycles. The average molecular weight is 428 g/mol. The zero-order chi connectivity index (χ0) is 22.1. The summed E-state index contributed by atoms with van der Waals surface area (Å²) >= 11 is 0. The number of ketones is 1. The van der Waals surface area contributed by atoms with Crippen LogP contribution in [0, 0.1) is 0 Å². The van der Waals surface area contributed by atoms with Crippen LogP contribution >= 0.6 is 0 Å². The van der Waals surface area contributed by atoms with Gasteiger partial charge in [0, 0.05) is 36.3 Å². The highest BCUT2D eigenvalue weighted by atomic mass is 16.6. The number of nitrogens with two attached hydrogens (primary N) is 1. The van der Waals surface area contributed by atoms with E-state index in [2.05, 4.69) is 5.32 Å². The number of ether oxygens (including phenoxy) is 1. The molecule has 5 rings (SSSR count). The maximum atomic E-state index is 13.7. The summed E-state index contributed by atoms with van der Waals surface area (Å²) in [6, 6.07) is 25.5. The van der Waals surface area contributed by atoms with Crippen LogP contribution in [0.1, 0.15) is 27.0 Å². The maximum Gasteiger partial charge on any atom is 0.327 e. The summed E-state index contributed by atoms with van der Waals surface area (Å²) in [5.74, 6) is -0.388. The van der Waals surface area contributed by atoms with Gasteiger partial charge >= 0.3 is 5.97 Å². The Hall–Kier alpha value is -3.32. The van der Waals surface area contributed by atoms with Crippen molar-refractivity contribution in [2.75, 3.05) is 13.1 Å². The molecule has 6 nitrogen and oxygen atoms in total. The van der Waals surface area contributed by atoms with Crippen molar-refractivity contribution in [3.63, 3.8) is 0 Å². The topological polar surface area (TPSA) is 84.7 Å². The number of fused-ring (bicyclic) bond motifs is 1. The van der Waals surface area contributed by atoms with Gasteiger partial charge in [0.25, 0.3) is 0 Å². The summed E-state index contributed by atoms with van der Waals surface area (Å²) in [6.45, 7) is 1.27. The molecule has 0 bridgehead atoms. The van der Waals surface area contributed by atoms with Gasteiger partial charge in [0.05, 0.1) is 6.04 Å². The fourth-order valence-corrected chi connectivity index (χ4v) is 4.80. The molecule has 0 saturated carbocycles. The van der Waals surface area contributed by atoms with Crippen LogP contribution in [0.25, 0.3) is 0 Å². The largest absolute Gasteiger partial charge is 0.434 e. The standard InChI is InChI=1S/C26H25N3O3/c27-15-18-11-13-19(14-12-18)24(30)22-16-28-17-23-25(31)32-26(29(22)23,20-7-3-1-4-8-20)21-9-5-2-6-10-21/h1-14,22-23,28H,15-17,27H2. The lowest BCUT2D eigenvalue weighted by atomic mass is 9.88. The average Bonchev–Trinajstić information content (AvgIpc) is 3.18. The van der Waals surface area contributed by atoms with Crippen LogP contribution in [-0.4, -0.2) is 41.8 Å². The first kappa shape index (κ1) is 20.6. The minimum absolute atomic E-state index is 0.0553. The number of Topliss-reactive ketones (excluding diaryl/α,β-unsaturated/α-hetero) is 1. The first-order chi connectivity index (χ1) is 15.6. The molecule has 2 atom stereocenters. The Labute approximate surface area is 187 Å². The fourth-order valence-electron chi connectivity index (χ4n) is 4.80. The Morgan fingerprint density at radius 2 is 1.53 bits per heavy atom. The van der Waals surface area contributed by atoms with E-state index < -0.39 is 17.8 Å². The Morgan fingerprint density at radius 3 is 2.09 bits per heavy atom. The molecule has 2 unspecified atom stereocenters. The molecule has 0 aromatic heterocycles. The number of carbonyl (C=O) groups is 2. The zero-order valence-electron chi connectivity index (χ0n) is 17.6. The van der Waals surface area contributed by atoms with E-state index in [1.807, 2.05) is 77.7 Å². The normalized spacial score (nSPS) is 22.2. The van der Waals surface area contributed by atoms with Gasteiger partial charge < -0.3 is 15.8 Å². The second-order valence-corrected chi connectivity index (χ2v) is 8.16. The van der Waals surface area contributed by atoms with Crippen LogP contribution in [-0.2, 0) is 21.8 Å². The number of hydrogen-bond acceptors (Lipinski definition) is 6. The first-order valence-corrected chi connectivity index (χ1v) is 10.8. The number of hydrogen-bond donors (Lipinski definition) is 2. The lowest BCUT2D eigenvalue weighted by Gasteiger charge is -2.44. The van der Waals surface area contributed by atoms with Gasteiger partial charge in [-0.15, -0.1) is 0 Å². The molecule has 2 aliphatic heterocycles. The van der Waals surface area contributed by atoms with Crippen molar-refractivity contribution in [1.29, 1.82) is 0 Å². The Morgan fingerprint density at radius 1 is 0.938 bits per heavy atom. The molecule has 3 N–H and O–H groups in total. The molecule has 2 aliphatic rings. The molecule has 0 radical (unpaired) electrons. The minimum atomic E-state index is -1.18. The van der Waals surface area contributed by atoms with E-state index in [4.69, 9.17) is 10.5 Å². The molecular weight excluding hydrogens is 402 g/mol. The van der Waals surface area contributed by atoms with Crippen molar-refractivity contribution >= 4 is 11.8 Å². The Balaban J connectivity index is 1.65. The van der Waals surface area contributed by atoms with E-state index in [9.17, 15) is 9.59 Å². The number of nitrogens with one attached hydrogen (secondary N) is 1. The number of rotatable bonds is 5. The van der Waals surface area contributed by atoms with Gasteiger partial charge in [-0.3, -0.25) is 9.59 Å². The van der Waals surface area contributed by atoms with Crippen molar-refractivity contribution in [2.45, 2.75) is 24.4 Å². The SMILES string of the molecule is NCc1ccc(C(=O)C2CNCC3C(=O)OC(c4ccccc4)(c4ccccc4)N32)cc1. The van der Waals surface area contributed by atoms with E-state index in [0.29, 0.717) is 25.2 Å². The third kappa shape index (κ3) is 3.24. The highest BCUT2D eigenvalue weighted by Gasteiger charge is 2.60. The molecule has 3 aromatic carbocycles. The molecule has 0 amide bonds. The summed E-state index contributed by atoms with van der Waals surface area (Å²) < 4.78 is 6.20. The zero-order valence-corrected chi connectivity index (χ0v) is 17.6. The Bertz CT molecular complexity index is 1080. The van der Waals surface area contributed by atoms with Crippen LogP contribution in [0.2, 0.25) is 0 Å². The van der Waals surface area contributed by atoms with Crippen molar-refractivity contribution in [3.05, 3.63) is 107 Å². The molecule has 32 heavy (non-hydrogen) atoms. The van der Waals surface area contributed by atoms with Crippen LogP contribution in [0.4, 0.5) is 0 Å². The quantitative estimate of drug-likeness (QED) is 0.481. The summed E-state index contributed by atoms with van der Waals surface area (Å²) in [6.07, 6.45) is 0. The molecule has 6 heteroatoms. The number of benzene rings is 3. The Kier molecular flexibility index (Phi) is 5.35. The number of esters is 1. The van der Waals surface area contributed by atoms with E-state index in [0.717, 1.165) is 16.7 Å². The van der Waals surface area contributed by atoms with Crippen LogP contribution < -0.4 is 11.1 Å². The smallest absolute Gasteiger partial charge is 0.327 e. The number of nitrogens with zero attached hydrogens (tertiary/aromatic N) is 1. The van der Waals surface area contributed by atoms with E-state index >= 15 is 0 Å². The van der Waals surface area contributed by atoms with E-state index in [-0.39, 0.29) is 11.8 Å². The highest BCUT2D eigenvalue weighted by molar-refractivity contribution is 6.01. The number of carbonyl (C=O) groups excluding carboxylic acids is 2. The van der Waals surface area contributed by atoms with Gasteiger partial charge in [0.1, 0.15) is 6.04 Å². The van der Waals surface area contributed by atoms with Gasteiger partial charge in [-0.2, -0.15) is 0 Å². The van der Waals surface area contributed by atoms with Crippen LogP contribution in [0.15, 0.2) is 84.9 Å². The molecule has 162 valence electrons. The summed E-state index contributed by atoms with van der Waals surface area (Å²) in [7, 11) is 0. The van der Waals surface area contributed by atoms with Crippen molar-refractivity contribution in [2.24, 2.45) is 5.73 Å². The van der Waals surface area contributed by atoms with Gasteiger partial charge in [0.15, 0.2) is 5.78 Å². The van der Waals surface area contributed by atoms with Gasteiger partial charge in [0.2, 0.25) is 5.72 Å². The molecule has 2 fully saturated rings. The molecule has 2 saturated heterocycles. The minimum Gasteiger partial charge on any atom is -0.434 e. The summed E-state index contributed by atoms with van der Waals surface area (Å²) in [5.41, 5.74) is 7.72. The predicted octanol–water partition coefficient (Wildman–Crippen LogP) is 2.43. The highest BCUT2D eigenvalue weighted by Crippen LogP contribution is 2.46. The van der Waals surface area contributed by atoms with Crippen LogP contribution in [0.5, 0.6) is 0 Å². The molecular formula is C26H25N3O3. The third-order valence-corrected chi connectivity index (χ3v) is 6.34. The molecule has 2 heterocycles. The third-order valence-electron chi connectivity index (χ3n) is 6.34. The lowest BCUT2D eigenvalue weighted by molar-refractivity contribution is -0.150. The fraction of sp³-hybridized carbons (Fsp3) is 0.231. The van der Waals surface area contributed by atoms with Crippen molar-refractivity contribution in [3.8, 4) is 0 Å². The van der Waals surface area contributed by atoms with E-state index in [1.54, 1.807) is 12.1 Å². The monoisotopic (exact) mass is 427 g/mol.